The van der Waals surface area contributed by atoms with Crippen LogP contribution in [0.4, 0.5) is 0 Å². The zero-order chi connectivity index (χ0) is 23.0. The fraction of sp³-hybridized carbons (Fsp3) is 0.964. The smallest absolute Gasteiger partial charge is 0.303 e. The van der Waals surface area contributed by atoms with Crippen molar-refractivity contribution in [2.75, 3.05) is 13.1 Å². The summed E-state index contributed by atoms with van der Waals surface area (Å²) in [6, 6.07) is 0.444. The number of carbonyl (C=O) groups is 1. The SMILES string of the molecule is CCCCCCCCCCCN(CCCCCCCCCCC)C(CC)CCC(=O)O. The first-order chi connectivity index (χ1) is 15.2. The molecule has 0 rings (SSSR count). The molecule has 31 heavy (non-hydrogen) atoms. The third kappa shape index (κ3) is 21.1. The Kier molecular flexibility index (Phi) is 23.6. The van der Waals surface area contributed by atoms with Crippen LogP contribution in [-0.2, 0) is 4.79 Å². The number of carboxylic acid groups (broad SMARTS) is 1. The summed E-state index contributed by atoms with van der Waals surface area (Å²) in [5, 5.41) is 9.12. The average Bonchev–Trinajstić information content (AvgIpc) is 2.76. The van der Waals surface area contributed by atoms with Gasteiger partial charge in [0.25, 0.3) is 0 Å². The zero-order valence-corrected chi connectivity index (χ0v) is 21.6. The maximum Gasteiger partial charge on any atom is 0.303 e. The molecule has 0 aliphatic heterocycles. The minimum absolute atomic E-state index is 0.310. The van der Waals surface area contributed by atoms with E-state index in [1.807, 2.05) is 0 Å². The Bertz CT molecular complexity index is 350. The Morgan fingerprint density at radius 1 is 0.613 bits per heavy atom. The molecule has 0 aliphatic rings. The van der Waals surface area contributed by atoms with Crippen molar-refractivity contribution in [2.24, 2.45) is 0 Å². The minimum Gasteiger partial charge on any atom is -0.481 e. The molecule has 1 N–H and O–H groups in total. The fourth-order valence-corrected chi connectivity index (χ4v) is 4.66. The molecule has 0 heterocycles. The summed E-state index contributed by atoms with van der Waals surface area (Å²) in [6.07, 6.45) is 26.8. The van der Waals surface area contributed by atoms with Gasteiger partial charge in [-0.15, -0.1) is 0 Å². The van der Waals surface area contributed by atoms with Crippen molar-refractivity contribution in [3.05, 3.63) is 0 Å². The second kappa shape index (κ2) is 24.1. The Labute approximate surface area is 195 Å². The average molecular weight is 440 g/mol. The molecule has 0 aromatic rings. The molecule has 0 aromatic heterocycles. The number of carboxylic acids is 1. The molecule has 1 unspecified atom stereocenters. The topological polar surface area (TPSA) is 40.5 Å². The normalized spacial score (nSPS) is 12.5. The van der Waals surface area contributed by atoms with E-state index < -0.39 is 5.97 Å². The summed E-state index contributed by atoms with van der Waals surface area (Å²) in [5.74, 6) is -0.649. The van der Waals surface area contributed by atoms with Crippen LogP contribution in [0.15, 0.2) is 0 Å². The Balaban J connectivity index is 4.09. The van der Waals surface area contributed by atoms with Gasteiger partial charge in [-0.3, -0.25) is 4.79 Å². The summed E-state index contributed by atoms with van der Waals surface area (Å²) in [5.41, 5.74) is 0. The highest BCUT2D eigenvalue weighted by Crippen LogP contribution is 2.17. The van der Waals surface area contributed by atoms with Crippen LogP contribution >= 0.6 is 0 Å². The second-order valence-electron chi connectivity index (χ2n) is 9.69. The van der Waals surface area contributed by atoms with E-state index in [2.05, 4.69) is 25.7 Å². The van der Waals surface area contributed by atoms with Crippen molar-refractivity contribution in [2.45, 2.75) is 162 Å². The lowest BCUT2D eigenvalue weighted by molar-refractivity contribution is -0.137. The van der Waals surface area contributed by atoms with Crippen LogP contribution in [0.1, 0.15) is 156 Å². The van der Waals surface area contributed by atoms with Crippen LogP contribution in [0, 0.1) is 0 Å². The molecule has 3 heteroatoms. The van der Waals surface area contributed by atoms with Crippen LogP contribution in [0.2, 0.25) is 0 Å². The maximum atomic E-state index is 11.1. The fourth-order valence-electron chi connectivity index (χ4n) is 4.66. The number of rotatable bonds is 25. The largest absolute Gasteiger partial charge is 0.481 e. The van der Waals surface area contributed by atoms with E-state index in [9.17, 15) is 4.79 Å². The summed E-state index contributed by atoms with van der Waals surface area (Å²) >= 11 is 0. The highest BCUT2D eigenvalue weighted by atomic mass is 16.4. The lowest BCUT2D eigenvalue weighted by atomic mass is 10.0. The Hall–Kier alpha value is -0.570. The van der Waals surface area contributed by atoms with Gasteiger partial charge in [0.1, 0.15) is 0 Å². The third-order valence-electron chi connectivity index (χ3n) is 6.78. The van der Waals surface area contributed by atoms with Gasteiger partial charge >= 0.3 is 5.97 Å². The molecular formula is C28H57NO2. The monoisotopic (exact) mass is 439 g/mol. The first kappa shape index (κ1) is 30.4. The van der Waals surface area contributed by atoms with E-state index in [1.54, 1.807) is 0 Å². The molecule has 0 fully saturated rings. The van der Waals surface area contributed by atoms with Gasteiger partial charge in [0.05, 0.1) is 0 Å². The van der Waals surface area contributed by atoms with Gasteiger partial charge in [-0.2, -0.15) is 0 Å². The molecule has 0 aliphatic carbocycles. The van der Waals surface area contributed by atoms with Crippen molar-refractivity contribution >= 4 is 5.97 Å². The molecule has 0 saturated heterocycles. The molecule has 0 aromatic carbocycles. The first-order valence-corrected chi connectivity index (χ1v) is 14.1. The van der Waals surface area contributed by atoms with Gasteiger partial charge < -0.3 is 10.0 Å². The van der Waals surface area contributed by atoms with E-state index >= 15 is 0 Å². The predicted molar refractivity (Wildman–Crippen MR) is 137 cm³/mol. The maximum absolute atomic E-state index is 11.1. The van der Waals surface area contributed by atoms with Gasteiger partial charge in [-0.25, -0.2) is 0 Å². The van der Waals surface area contributed by atoms with E-state index in [4.69, 9.17) is 5.11 Å². The van der Waals surface area contributed by atoms with Crippen molar-refractivity contribution < 1.29 is 9.90 Å². The summed E-state index contributed by atoms with van der Waals surface area (Å²) in [6.45, 7) is 9.10. The second-order valence-corrected chi connectivity index (χ2v) is 9.69. The predicted octanol–water partition coefficient (Wildman–Crippen LogP) is 8.99. The number of nitrogens with zero attached hydrogens (tertiary/aromatic N) is 1. The summed E-state index contributed by atoms with van der Waals surface area (Å²) < 4.78 is 0. The van der Waals surface area contributed by atoms with E-state index in [1.165, 1.54) is 116 Å². The van der Waals surface area contributed by atoms with Crippen molar-refractivity contribution in [3.63, 3.8) is 0 Å². The van der Waals surface area contributed by atoms with Crippen molar-refractivity contribution in [1.29, 1.82) is 0 Å². The van der Waals surface area contributed by atoms with Crippen LogP contribution in [0.5, 0.6) is 0 Å². The molecule has 3 nitrogen and oxygen atoms in total. The number of hydrogen-bond acceptors (Lipinski definition) is 2. The molecule has 0 saturated carbocycles. The van der Waals surface area contributed by atoms with Crippen molar-refractivity contribution in [3.8, 4) is 0 Å². The summed E-state index contributed by atoms with van der Waals surface area (Å²) in [7, 11) is 0. The quantitative estimate of drug-likeness (QED) is 0.144. The van der Waals surface area contributed by atoms with Gasteiger partial charge in [0, 0.05) is 12.5 Å². The summed E-state index contributed by atoms with van der Waals surface area (Å²) in [4.78, 5) is 13.7. The number of aliphatic carboxylic acids is 1. The lowest BCUT2D eigenvalue weighted by Crippen LogP contribution is -2.37. The van der Waals surface area contributed by atoms with Crippen LogP contribution < -0.4 is 0 Å². The number of unbranched alkanes of at least 4 members (excludes halogenated alkanes) is 16. The first-order valence-electron chi connectivity index (χ1n) is 14.1. The molecule has 0 radical (unpaired) electrons. The van der Waals surface area contributed by atoms with Crippen LogP contribution in [-0.4, -0.2) is 35.1 Å². The Morgan fingerprint density at radius 3 is 1.29 bits per heavy atom. The van der Waals surface area contributed by atoms with Gasteiger partial charge in [0.15, 0.2) is 0 Å². The molecule has 186 valence electrons. The molecule has 1 atom stereocenters. The van der Waals surface area contributed by atoms with Gasteiger partial charge in [-0.1, -0.05) is 124 Å². The zero-order valence-electron chi connectivity index (χ0n) is 21.6. The van der Waals surface area contributed by atoms with Crippen molar-refractivity contribution in [1.82, 2.24) is 4.90 Å². The van der Waals surface area contributed by atoms with E-state index in [0.29, 0.717) is 12.5 Å². The van der Waals surface area contributed by atoms with Crippen LogP contribution in [0.25, 0.3) is 0 Å². The van der Waals surface area contributed by atoms with Gasteiger partial charge in [0.2, 0.25) is 0 Å². The standard InChI is InChI=1S/C28H57NO2/c1-4-7-9-11-13-15-17-19-21-25-29(27(6-3)23-24-28(30)31)26-22-20-18-16-14-12-10-8-5-2/h27H,4-26H2,1-3H3,(H,30,31). The van der Waals surface area contributed by atoms with E-state index in [0.717, 1.165) is 25.9 Å². The van der Waals surface area contributed by atoms with Crippen LogP contribution in [0.3, 0.4) is 0 Å². The molecule has 0 bridgehead atoms. The van der Waals surface area contributed by atoms with E-state index in [-0.39, 0.29) is 0 Å². The highest BCUT2D eigenvalue weighted by molar-refractivity contribution is 5.66. The molecule has 0 spiro atoms. The molecular weight excluding hydrogens is 382 g/mol. The Morgan fingerprint density at radius 2 is 0.968 bits per heavy atom. The van der Waals surface area contributed by atoms with Gasteiger partial charge in [-0.05, 0) is 38.8 Å². The third-order valence-corrected chi connectivity index (χ3v) is 6.78. The highest BCUT2D eigenvalue weighted by Gasteiger charge is 2.17. The molecule has 0 amide bonds. The lowest BCUT2D eigenvalue weighted by Gasteiger charge is -2.31. The number of hydrogen-bond donors (Lipinski definition) is 1. The minimum atomic E-state index is -0.649.